The predicted octanol–water partition coefficient (Wildman–Crippen LogP) is 1.59. The van der Waals surface area contributed by atoms with Crippen LogP contribution in [0.25, 0.3) is 0 Å². The van der Waals surface area contributed by atoms with E-state index in [1.165, 1.54) is 0 Å². The van der Waals surface area contributed by atoms with Crippen molar-refractivity contribution in [3.05, 3.63) is 0 Å². The van der Waals surface area contributed by atoms with Crippen LogP contribution in [0.2, 0.25) is 0 Å². The average Bonchev–Trinajstić information content (AvgIpc) is 2.37. The minimum absolute atomic E-state index is 0.196. The highest BCUT2D eigenvalue weighted by Crippen LogP contribution is 2.19. The molecular formula is C15H30N4O. The Morgan fingerprint density at radius 1 is 1.50 bits per heavy atom. The van der Waals surface area contributed by atoms with Crippen molar-refractivity contribution in [1.29, 1.82) is 0 Å². The molecule has 0 aromatic rings. The molecule has 1 heterocycles. The van der Waals surface area contributed by atoms with Gasteiger partial charge in [-0.3, -0.25) is 9.79 Å². The highest BCUT2D eigenvalue weighted by Gasteiger charge is 2.23. The van der Waals surface area contributed by atoms with Crippen molar-refractivity contribution in [2.24, 2.45) is 22.6 Å². The van der Waals surface area contributed by atoms with Crippen molar-refractivity contribution in [3.63, 3.8) is 0 Å². The second kappa shape index (κ2) is 8.82. The van der Waals surface area contributed by atoms with Gasteiger partial charge in [0, 0.05) is 32.6 Å². The lowest BCUT2D eigenvalue weighted by Crippen LogP contribution is -2.47. The van der Waals surface area contributed by atoms with Gasteiger partial charge in [-0.25, -0.2) is 0 Å². The number of likely N-dealkylation sites (tertiary alicyclic amines) is 1. The topological polar surface area (TPSA) is 70.7 Å². The Kier molecular flexibility index (Phi) is 7.41. The summed E-state index contributed by atoms with van der Waals surface area (Å²) in [6.07, 6.45) is 3.78. The van der Waals surface area contributed by atoms with E-state index in [0.717, 1.165) is 51.4 Å². The molecule has 5 heteroatoms. The second-order valence-electron chi connectivity index (χ2n) is 6.04. The van der Waals surface area contributed by atoms with Gasteiger partial charge in [0.25, 0.3) is 0 Å². The lowest BCUT2D eigenvalue weighted by atomic mass is 9.95. The molecule has 0 aliphatic carbocycles. The maximum Gasteiger partial charge on any atom is 0.217 e. The third-order valence-electron chi connectivity index (χ3n) is 3.61. The van der Waals surface area contributed by atoms with Crippen LogP contribution in [-0.2, 0) is 4.79 Å². The summed E-state index contributed by atoms with van der Waals surface area (Å²) in [5.41, 5.74) is 5.31. The average molecular weight is 282 g/mol. The molecule has 0 aromatic carbocycles. The molecule has 1 aliphatic rings. The molecule has 116 valence electrons. The van der Waals surface area contributed by atoms with Gasteiger partial charge in [-0.05, 0) is 38.0 Å². The number of primary amides is 1. The Morgan fingerprint density at radius 3 is 2.85 bits per heavy atom. The van der Waals surface area contributed by atoms with E-state index in [9.17, 15) is 4.79 Å². The Hall–Kier alpha value is -1.26. The fraction of sp³-hybridized carbons (Fsp3) is 0.867. The maximum absolute atomic E-state index is 11.1. The number of piperidine rings is 1. The molecule has 0 radical (unpaired) electrons. The number of rotatable bonds is 6. The summed E-state index contributed by atoms with van der Waals surface area (Å²) < 4.78 is 0. The summed E-state index contributed by atoms with van der Waals surface area (Å²) in [6, 6.07) is 0. The summed E-state index contributed by atoms with van der Waals surface area (Å²) >= 11 is 0. The molecule has 3 N–H and O–H groups in total. The van der Waals surface area contributed by atoms with Crippen LogP contribution in [0.5, 0.6) is 0 Å². The summed E-state index contributed by atoms with van der Waals surface area (Å²) in [7, 11) is 0. The summed E-state index contributed by atoms with van der Waals surface area (Å²) in [4.78, 5) is 18.1. The van der Waals surface area contributed by atoms with Crippen LogP contribution in [0.3, 0.4) is 0 Å². The molecule has 1 unspecified atom stereocenters. The molecule has 1 amide bonds. The van der Waals surface area contributed by atoms with Crippen molar-refractivity contribution in [1.82, 2.24) is 10.2 Å². The van der Waals surface area contributed by atoms with Crippen LogP contribution in [-0.4, -0.2) is 42.9 Å². The van der Waals surface area contributed by atoms with E-state index in [1.807, 2.05) is 0 Å². The normalized spacial score (nSPS) is 20.3. The SMILES string of the molecule is CCNC(=NCCC(C)C)N1CCCC(CC(N)=O)C1. The van der Waals surface area contributed by atoms with Crippen LogP contribution >= 0.6 is 0 Å². The molecule has 0 aromatic heterocycles. The Labute approximate surface area is 123 Å². The number of carbonyl (C=O) groups is 1. The number of hydrogen-bond acceptors (Lipinski definition) is 2. The summed E-state index contributed by atoms with van der Waals surface area (Å²) in [5, 5.41) is 3.36. The smallest absolute Gasteiger partial charge is 0.217 e. The monoisotopic (exact) mass is 282 g/mol. The fourth-order valence-electron chi connectivity index (χ4n) is 2.56. The number of aliphatic imine (C=N–C) groups is 1. The standard InChI is InChI=1S/C15H30N4O/c1-4-17-15(18-8-7-12(2)3)19-9-5-6-13(11-19)10-14(16)20/h12-13H,4-11H2,1-3H3,(H2,16,20)(H,17,18). The van der Waals surface area contributed by atoms with Crippen molar-refractivity contribution in [3.8, 4) is 0 Å². The van der Waals surface area contributed by atoms with E-state index in [2.05, 4.69) is 31.0 Å². The van der Waals surface area contributed by atoms with Crippen LogP contribution < -0.4 is 11.1 Å². The highest BCUT2D eigenvalue weighted by atomic mass is 16.1. The molecule has 1 aliphatic heterocycles. The third kappa shape index (κ3) is 6.26. The van der Waals surface area contributed by atoms with Crippen LogP contribution in [0.1, 0.15) is 46.5 Å². The number of nitrogens with two attached hydrogens (primary N) is 1. The zero-order valence-electron chi connectivity index (χ0n) is 13.2. The van der Waals surface area contributed by atoms with Gasteiger partial charge in [0.15, 0.2) is 5.96 Å². The first-order valence-electron chi connectivity index (χ1n) is 7.84. The van der Waals surface area contributed by atoms with E-state index in [-0.39, 0.29) is 5.91 Å². The number of hydrogen-bond donors (Lipinski definition) is 2. The van der Waals surface area contributed by atoms with E-state index >= 15 is 0 Å². The second-order valence-corrected chi connectivity index (χ2v) is 6.04. The number of guanidine groups is 1. The van der Waals surface area contributed by atoms with E-state index in [1.54, 1.807) is 0 Å². The van der Waals surface area contributed by atoms with Gasteiger partial charge in [0.1, 0.15) is 0 Å². The van der Waals surface area contributed by atoms with Crippen molar-refractivity contribution in [2.75, 3.05) is 26.2 Å². The minimum Gasteiger partial charge on any atom is -0.370 e. The highest BCUT2D eigenvalue weighted by molar-refractivity contribution is 5.80. The van der Waals surface area contributed by atoms with Crippen molar-refractivity contribution < 1.29 is 4.79 Å². The molecule has 1 fully saturated rings. The third-order valence-corrected chi connectivity index (χ3v) is 3.61. The van der Waals surface area contributed by atoms with Crippen LogP contribution in [0.15, 0.2) is 4.99 Å². The number of carbonyl (C=O) groups excluding carboxylic acids is 1. The van der Waals surface area contributed by atoms with E-state index in [0.29, 0.717) is 18.3 Å². The Bertz CT molecular complexity index is 328. The molecule has 0 spiro atoms. The molecule has 20 heavy (non-hydrogen) atoms. The molecule has 1 saturated heterocycles. The quantitative estimate of drug-likeness (QED) is 0.574. The number of nitrogens with one attached hydrogen (secondary N) is 1. The van der Waals surface area contributed by atoms with Gasteiger partial charge < -0.3 is 16.0 Å². The largest absolute Gasteiger partial charge is 0.370 e. The van der Waals surface area contributed by atoms with Gasteiger partial charge in [0.2, 0.25) is 5.91 Å². The van der Waals surface area contributed by atoms with Gasteiger partial charge in [0.05, 0.1) is 0 Å². The number of amides is 1. The number of nitrogens with zero attached hydrogens (tertiary/aromatic N) is 2. The van der Waals surface area contributed by atoms with Gasteiger partial charge in [-0.2, -0.15) is 0 Å². The Balaban J connectivity index is 2.58. The molecule has 0 bridgehead atoms. The minimum atomic E-state index is -0.196. The molecular weight excluding hydrogens is 252 g/mol. The fourth-order valence-corrected chi connectivity index (χ4v) is 2.56. The first kappa shape index (κ1) is 16.8. The lowest BCUT2D eigenvalue weighted by Gasteiger charge is -2.34. The van der Waals surface area contributed by atoms with Crippen LogP contribution in [0, 0.1) is 11.8 Å². The lowest BCUT2D eigenvalue weighted by molar-refractivity contribution is -0.119. The van der Waals surface area contributed by atoms with Gasteiger partial charge in [-0.1, -0.05) is 13.8 Å². The zero-order chi connectivity index (χ0) is 15.0. The van der Waals surface area contributed by atoms with Crippen molar-refractivity contribution in [2.45, 2.75) is 46.5 Å². The van der Waals surface area contributed by atoms with E-state index < -0.39 is 0 Å². The molecule has 0 saturated carbocycles. The molecule has 1 rings (SSSR count). The van der Waals surface area contributed by atoms with E-state index in [4.69, 9.17) is 10.7 Å². The summed E-state index contributed by atoms with van der Waals surface area (Å²) in [5.74, 6) is 1.83. The summed E-state index contributed by atoms with van der Waals surface area (Å²) in [6.45, 7) is 10.1. The van der Waals surface area contributed by atoms with Crippen LogP contribution in [0.4, 0.5) is 0 Å². The molecule has 1 atom stereocenters. The van der Waals surface area contributed by atoms with Gasteiger partial charge >= 0.3 is 0 Å². The van der Waals surface area contributed by atoms with Crippen molar-refractivity contribution >= 4 is 11.9 Å². The molecule has 5 nitrogen and oxygen atoms in total. The predicted molar refractivity (Wildman–Crippen MR) is 83.5 cm³/mol. The first-order valence-corrected chi connectivity index (χ1v) is 7.84. The first-order chi connectivity index (χ1) is 9.52. The zero-order valence-corrected chi connectivity index (χ0v) is 13.2. The van der Waals surface area contributed by atoms with Gasteiger partial charge in [-0.15, -0.1) is 0 Å². The maximum atomic E-state index is 11.1. The Morgan fingerprint density at radius 2 is 2.25 bits per heavy atom.